The molecule has 0 aliphatic carbocycles. The van der Waals surface area contributed by atoms with Gasteiger partial charge < -0.3 is 4.42 Å². The molecule has 0 amide bonds. The van der Waals surface area contributed by atoms with Crippen LogP contribution in [0.2, 0.25) is 0 Å². The second kappa shape index (κ2) is 9.44. The van der Waals surface area contributed by atoms with E-state index >= 15 is 0 Å². The molecule has 9 aromatic rings. The number of para-hydroxylation sites is 1. The second-order valence-corrected chi connectivity index (χ2v) is 11.1. The third kappa shape index (κ3) is 3.65. The smallest absolute Gasteiger partial charge is 0.136 e. The van der Waals surface area contributed by atoms with Crippen LogP contribution in [0, 0.1) is 0 Å². The van der Waals surface area contributed by atoms with E-state index in [1.807, 2.05) is 18.2 Å². The van der Waals surface area contributed by atoms with Crippen molar-refractivity contribution in [1.82, 2.24) is 0 Å². The summed E-state index contributed by atoms with van der Waals surface area (Å²) in [5.74, 6) is 0. The number of benzene rings is 8. The highest BCUT2D eigenvalue weighted by molar-refractivity contribution is 6.27. The van der Waals surface area contributed by atoms with Crippen molar-refractivity contribution in [2.75, 3.05) is 0 Å². The Labute approximate surface area is 250 Å². The second-order valence-electron chi connectivity index (χ2n) is 11.1. The summed E-state index contributed by atoms with van der Waals surface area (Å²) in [5.41, 5.74) is 8.77. The third-order valence-electron chi connectivity index (χ3n) is 8.76. The topological polar surface area (TPSA) is 13.1 Å². The molecule has 0 spiro atoms. The van der Waals surface area contributed by atoms with Crippen LogP contribution in [-0.2, 0) is 0 Å². The van der Waals surface area contributed by atoms with Crippen molar-refractivity contribution >= 4 is 54.3 Å². The molecule has 0 atom stereocenters. The summed E-state index contributed by atoms with van der Waals surface area (Å²) in [4.78, 5) is 0. The first-order valence-corrected chi connectivity index (χ1v) is 14.7. The van der Waals surface area contributed by atoms with Crippen molar-refractivity contribution in [3.63, 3.8) is 0 Å². The molecule has 8 aromatic carbocycles. The lowest BCUT2D eigenvalue weighted by Crippen LogP contribution is -1.92. The van der Waals surface area contributed by atoms with Gasteiger partial charge in [-0.15, -0.1) is 0 Å². The quantitative estimate of drug-likeness (QED) is 0.201. The van der Waals surface area contributed by atoms with Gasteiger partial charge in [0.15, 0.2) is 0 Å². The first kappa shape index (κ1) is 23.0. The molecule has 0 aliphatic heterocycles. The van der Waals surface area contributed by atoms with Gasteiger partial charge in [0.05, 0.1) is 1.37 Å². The molecule has 0 bridgehead atoms. The van der Waals surface area contributed by atoms with Gasteiger partial charge in [-0.3, -0.25) is 0 Å². The molecule has 43 heavy (non-hydrogen) atoms. The summed E-state index contributed by atoms with van der Waals surface area (Å²) in [7, 11) is 0. The number of hydrogen-bond donors (Lipinski definition) is 0. The van der Waals surface area contributed by atoms with Crippen LogP contribution < -0.4 is 0 Å². The fourth-order valence-electron chi connectivity index (χ4n) is 6.92. The minimum Gasteiger partial charge on any atom is -0.456 e. The first-order valence-electron chi connectivity index (χ1n) is 15.2. The van der Waals surface area contributed by atoms with Gasteiger partial charge in [0, 0.05) is 10.8 Å². The van der Waals surface area contributed by atoms with Crippen LogP contribution in [0.4, 0.5) is 0 Å². The van der Waals surface area contributed by atoms with Gasteiger partial charge in [0.2, 0.25) is 0 Å². The van der Waals surface area contributed by atoms with E-state index in [4.69, 9.17) is 5.79 Å². The van der Waals surface area contributed by atoms with E-state index in [-0.39, 0.29) is 0 Å². The Morgan fingerprint density at radius 2 is 0.953 bits per heavy atom. The Morgan fingerprint density at radius 3 is 1.65 bits per heavy atom. The number of hydrogen-bond acceptors (Lipinski definition) is 1. The highest BCUT2D eigenvalue weighted by Gasteiger charge is 2.22. The van der Waals surface area contributed by atoms with Gasteiger partial charge in [-0.05, 0) is 83.9 Å². The Balaban J connectivity index is 1.48. The maximum Gasteiger partial charge on any atom is 0.136 e. The van der Waals surface area contributed by atoms with E-state index in [0.717, 1.165) is 55.0 Å². The largest absolute Gasteiger partial charge is 0.456 e. The van der Waals surface area contributed by atoms with Crippen molar-refractivity contribution < 1.29 is 5.79 Å². The predicted molar refractivity (Wildman–Crippen MR) is 183 cm³/mol. The van der Waals surface area contributed by atoms with Gasteiger partial charge in [0.1, 0.15) is 11.2 Å². The van der Waals surface area contributed by atoms with Crippen LogP contribution in [0.3, 0.4) is 0 Å². The fraction of sp³-hybridized carbons (Fsp3) is 0. The minimum atomic E-state index is 0.543. The zero-order chi connectivity index (χ0) is 29.2. The Hall–Kier alpha value is -5.66. The number of fused-ring (bicyclic) bond motifs is 6. The molecule has 9 rings (SSSR count). The molecule has 0 radical (unpaired) electrons. The zero-order valence-corrected chi connectivity index (χ0v) is 23.3. The van der Waals surface area contributed by atoms with Crippen molar-refractivity contribution in [2.45, 2.75) is 0 Å². The van der Waals surface area contributed by atoms with Gasteiger partial charge in [-0.1, -0.05) is 140 Å². The molecule has 0 aliphatic rings. The molecule has 0 saturated carbocycles. The van der Waals surface area contributed by atoms with Crippen molar-refractivity contribution in [3.05, 3.63) is 158 Å². The van der Waals surface area contributed by atoms with E-state index in [9.17, 15) is 0 Å². The summed E-state index contributed by atoms with van der Waals surface area (Å²) in [6.07, 6.45) is 0. The monoisotopic (exact) mass is 547 g/mol. The van der Waals surface area contributed by atoms with Crippen molar-refractivity contribution in [3.8, 4) is 33.4 Å². The summed E-state index contributed by atoms with van der Waals surface area (Å²) in [5, 5.41) is 9.07. The van der Waals surface area contributed by atoms with Crippen LogP contribution in [0.5, 0.6) is 0 Å². The molecule has 1 heteroatoms. The zero-order valence-electron chi connectivity index (χ0n) is 24.3. The summed E-state index contributed by atoms with van der Waals surface area (Å²) >= 11 is 0. The SMILES string of the molecule is [2H]c1ccc(-c2c3ccccc3c(-c3cc(-c4ccccc4)cc4oc5ccccc5c34)c3ccccc23)c2ccccc12. The van der Waals surface area contributed by atoms with Gasteiger partial charge in [0.25, 0.3) is 0 Å². The standard InChI is InChI=1S/C42H26O/c1-2-13-27(14-3-1)29-25-37(42-36-22-10-11-24-38(36)43-39(42)26-29)41-34-20-8-6-18-32(34)40(33-19-7-9-21-35(33)41)31-23-12-16-28-15-4-5-17-30(28)31/h1-26H/i16D. The third-order valence-corrected chi connectivity index (χ3v) is 8.76. The summed E-state index contributed by atoms with van der Waals surface area (Å²) in [6.45, 7) is 0. The average Bonchev–Trinajstić information content (AvgIpc) is 3.47. The average molecular weight is 548 g/mol. The first-order chi connectivity index (χ1) is 21.8. The Morgan fingerprint density at radius 1 is 0.395 bits per heavy atom. The lowest BCUT2D eigenvalue weighted by Gasteiger charge is -2.19. The van der Waals surface area contributed by atoms with Crippen molar-refractivity contribution in [2.24, 2.45) is 0 Å². The van der Waals surface area contributed by atoms with Crippen LogP contribution in [0.15, 0.2) is 162 Å². The van der Waals surface area contributed by atoms with E-state index < -0.39 is 0 Å². The molecule has 200 valence electrons. The van der Waals surface area contributed by atoms with Gasteiger partial charge in [-0.2, -0.15) is 0 Å². The molecule has 0 unspecified atom stereocenters. The van der Waals surface area contributed by atoms with Crippen LogP contribution in [0.1, 0.15) is 1.37 Å². The van der Waals surface area contributed by atoms with E-state index in [1.54, 1.807) is 0 Å². The predicted octanol–water partition coefficient (Wildman–Crippen LogP) is 12.0. The molecule has 0 N–H and O–H groups in total. The molecule has 1 heterocycles. The molecule has 0 fully saturated rings. The van der Waals surface area contributed by atoms with E-state index in [1.165, 1.54) is 32.7 Å². The molecule has 0 saturated heterocycles. The number of furan rings is 1. The highest BCUT2D eigenvalue weighted by Crippen LogP contribution is 2.48. The fourth-order valence-corrected chi connectivity index (χ4v) is 6.92. The lowest BCUT2D eigenvalue weighted by atomic mass is 9.83. The molecular formula is C42H26O. The van der Waals surface area contributed by atoms with Gasteiger partial charge >= 0.3 is 0 Å². The van der Waals surface area contributed by atoms with Crippen LogP contribution in [0.25, 0.3) is 87.6 Å². The van der Waals surface area contributed by atoms with E-state index in [2.05, 4.69) is 133 Å². The van der Waals surface area contributed by atoms with Crippen molar-refractivity contribution in [1.29, 1.82) is 0 Å². The molecule has 1 aromatic heterocycles. The maximum atomic E-state index is 8.60. The number of rotatable bonds is 3. The Bertz CT molecular complexity index is 2500. The van der Waals surface area contributed by atoms with Gasteiger partial charge in [-0.25, -0.2) is 0 Å². The van der Waals surface area contributed by atoms with Crippen LogP contribution in [-0.4, -0.2) is 0 Å². The summed E-state index contributed by atoms with van der Waals surface area (Å²) < 4.78 is 15.1. The van der Waals surface area contributed by atoms with E-state index in [0.29, 0.717) is 6.04 Å². The lowest BCUT2D eigenvalue weighted by molar-refractivity contribution is 0.669. The van der Waals surface area contributed by atoms with Crippen LogP contribution >= 0.6 is 0 Å². The normalized spacial score (nSPS) is 12.0. The Kier molecular flexibility index (Phi) is 5.04. The molecule has 1 nitrogen and oxygen atoms in total. The minimum absolute atomic E-state index is 0.543. The molecular weight excluding hydrogens is 520 g/mol. The summed E-state index contributed by atoms with van der Waals surface area (Å²) in [6, 6.07) is 53.9. The highest BCUT2D eigenvalue weighted by atomic mass is 16.3. The maximum absolute atomic E-state index is 8.60.